The lowest BCUT2D eigenvalue weighted by molar-refractivity contribution is -0.0511. The first kappa shape index (κ1) is 22.2. The van der Waals surface area contributed by atoms with Gasteiger partial charge in [-0.1, -0.05) is 0 Å². The second-order valence-corrected chi connectivity index (χ2v) is 5.95. The van der Waals surface area contributed by atoms with Crippen LogP contribution in [0.15, 0.2) is 18.2 Å². The van der Waals surface area contributed by atoms with E-state index < -0.39 is 18.5 Å². The summed E-state index contributed by atoms with van der Waals surface area (Å²) in [6.45, 7) is 0.528. The largest absolute Gasteiger partial charge is 0.493 e. The van der Waals surface area contributed by atoms with E-state index in [0.29, 0.717) is 11.3 Å². The number of halogens is 2. The molecule has 1 aromatic heterocycles. The second-order valence-electron chi connectivity index (χ2n) is 5.95. The van der Waals surface area contributed by atoms with Gasteiger partial charge in [0.1, 0.15) is 12.3 Å². The van der Waals surface area contributed by atoms with Gasteiger partial charge in [0, 0.05) is 24.6 Å². The maximum Gasteiger partial charge on any atom is 0.387 e. The average molecular weight is 412 g/mol. The van der Waals surface area contributed by atoms with E-state index in [0.717, 1.165) is 0 Å². The first-order valence-electron chi connectivity index (χ1n) is 8.57. The third-order valence-electron chi connectivity index (χ3n) is 4.03. The standard InChI is InChI=1S/C19H22F2N2O6/c1-10-15(18(25)28-8-7-26-3)11(2)22-16(10)17(24)23-12-5-6-13(27-4)14(9-12)29-19(20)21/h5-6,9,19,22H,7-8H2,1-4H3,(H,23,24). The fourth-order valence-corrected chi connectivity index (χ4v) is 2.71. The van der Waals surface area contributed by atoms with Crippen molar-refractivity contribution in [1.82, 2.24) is 4.98 Å². The molecule has 0 spiro atoms. The van der Waals surface area contributed by atoms with Gasteiger partial charge >= 0.3 is 12.6 Å². The van der Waals surface area contributed by atoms with E-state index in [-0.39, 0.29) is 41.7 Å². The second kappa shape index (κ2) is 9.87. The Labute approximate surface area is 166 Å². The first-order valence-corrected chi connectivity index (χ1v) is 8.57. The minimum atomic E-state index is -3.05. The van der Waals surface area contributed by atoms with E-state index in [1.165, 1.54) is 32.4 Å². The molecule has 0 saturated heterocycles. The molecule has 0 fully saturated rings. The van der Waals surface area contributed by atoms with Crippen molar-refractivity contribution in [1.29, 1.82) is 0 Å². The number of hydrogen-bond acceptors (Lipinski definition) is 6. The van der Waals surface area contributed by atoms with E-state index in [9.17, 15) is 18.4 Å². The lowest BCUT2D eigenvalue weighted by Crippen LogP contribution is -2.15. The fraction of sp³-hybridized carbons (Fsp3) is 0.368. The number of methoxy groups -OCH3 is 2. The summed E-state index contributed by atoms with van der Waals surface area (Å²) in [5.74, 6) is -1.27. The number of rotatable bonds is 9. The van der Waals surface area contributed by atoms with Gasteiger partial charge in [-0.3, -0.25) is 4.79 Å². The maximum absolute atomic E-state index is 12.6. The van der Waals surface area contributed by atoms with E-state index in [2.05, 4.69) is 15.0 Å². The third-order valence-corrected chi connectivity index (χ3v) is 4.03. The number of carbonyl (C=O) groups excluding carboxylic acids is 2. The summed E-state index contributed by atoms with van der Waals surface area (Å²) in [5, 5.41) is 2.57. The number of ether oxygens (including phenoxy) is 4. The van der Waals surface area contributed by atoms with Gasteiger partial charge in [-0.05, 0) is 31.5 Å². The summed E-state index contributed by atoms with van der Waals surface area (Å²) >= 11 is 0. The highest BCUT2D eigenvalue weighted by molar-refractivity contribution is 6.07. The van der Waals surface area contributed by atoms with Crippen LogP contribution in [0.3, 0.4) is 0 Å². The number of aryl methyl sites for hydroxylation is 1. The van der Waals surface area contributed by atoms with Gasteiger partial charge in [0.25, 0.3) is 5.91 Å². The molecule has 1 heterocycles. The summed E-state index contributed by atoms with van der Waals surface area (Å²) in [6.07, 6.45) is 0. The zero-order valence-corrected chi connectivity index (χ0v) is 16.4. The number of amides is 1. The zero-order chi connectivity index (χ0) is 21.6. The molecule has 10 heteroatoms. The zero-order valence-electron chi connectivity index (χ0n) is 16.4. The summed E-state index contributed by atoms with van der Waals surface area (Å²) in [5.41, 5.74) is 1.48. The number of benzene rings is 1. The van der Waals surface area contributed by atoms with Gasteiger partial charge < -0.3 is 29.2 Å². The van der Waals surface area contributed by atoms with Crippen molar-refractivity contribution in [3.63, 3.8) is 0 Å². The first-order chi connectivity index (χ1) is 13.8. The summed E-state index contributed by atoms with van der Waals surface area (Å²) in [6, 6.07) is 4.08. The number of nitrogens with one attached hydrogen (secondary N) is 2. The van der Waals surface area contributed by atoms with Gasteiger partial charge in [0.15, 0.2) is 11.5 Å². The number of aromatic amines is 1. The smallest absolute Gasteiger partial charge is 0.387 e. The molecule has 158 valence electrons. The molecule has 0 atom stereocenters. The van der Waals surface area contributed by atoms with Crippen LogP contribution in [0.4, 0.5) is 14.5 Å². The molecule has 0 bridgehead atoms. The lowest BCUT2D eigenvalue weighted by Gasteiger charge is -2.12. The van der Waals surface area contributed by atoms with E-state index in [1.54, 1.807) is 13.8 Å². The Hall–Kier alpha value is -3.14. The van der Waals surface area contributed by atoms with Gasteiger partial charge in [-0.2, -0.15) is 8.78 Å². The minimum absolute atomic E-state index is 0.0830. The van der Waals surface area contributed by atoms with Crippen LogP contribution in [0, 0.1) is 13.8 Å². The highest BCUT2D eigenvalue weighted by Crippen LogP contribution is 2.32. The molecule has 2 rings (SSSR count). The molecule has 2 N–H and O–H groups in total. The number of hydrogen-bond donors (Lipinski definition) is 2. The van der Waals surface area contributed by atoms with Crippen LogP contribution in [0.1, 0.15) is 32.1 Å². The van der Waals surface area contributed by atoms with Crippen molar-refractivity contribution in [2.24, 2.45) is 0 Å². The Kier molecular flexibility index (Phi) is 7.54. The van der Waals surface area contributed by atoms with Crippen LogP contribution < -0.4 is 14.8 Å². The average Bonchev–Trinajstić information content (AvgIpc) is 2.96. The van der Waals surface area contributed by atoms with E-state index in [1.807, 2.05) is 0 Å². The maximum atomic E-state index is 12.6. The third kappa shape index (κ3) is 5.44. The van der Waals surface area contributed by atoms with Crippen molar-refractivity contribution in [3.05, 3.63) is 40.7 Å². The van der Waals surface area contributed by atoms with Crippen LogP contribution >= 0.6 is 0 Å². The monoisotopic (exact) mass is 412 g/mol. The number of esters is 1. The van der Waals surface area contributed by atoms with Crippen LogP contribution in [-0.4, -0.2) is 50.9 Å². The summed E-state index contributed by atoms with van der Waals surface area (Å²) < 4.78 is 44.4. The number of H-pyrrole nitrogens is 1. The molecular formula is C19H22F2N2O6. The molecule has 2 aromatic rings. The van der Waals surface area contributed by atoms with Crippen LogP contribution in [0.2, 0.25) is 0 Å². The SMILES string of the molecule is COCCOC(=O)c1c(C)[nH]c(C(=O)Nc2ccc(OC)c(OC(F)F)c2)c1C. The molecule has 0 unspecified atom stereocenters. The van der Waals surface area contributed by atoms with Crippen molar-refractivity contribution in [2.75, 3.05) is 32.8 Å². The van der Waals surface area contributed by atoms with Crippen molar-refractivity contribution < 1.29 is 37.3 Å². The predicted octanol–water partition coefficient (Wildman–Crippen LogP) is 3.30. The van der Waals surface area contributed by atoms with Crippen molar-refractivity contribution >= 4 is 17.6 Å². The molecule has 1 aromatic carbocycles. The van der Waals surface area contributed by atoms with Crippen LogP contribution in [0.5, 0.6) is 11.5 Å². The molecule has 29 heavy (non-hydrogen) atoms. The number of anilines is 1. The minimum Gasteiger partial charge on any atom is -0.493 e. The van der Waals surface area contributed by atoms with Crippen molar-refractivity contribution in [3.8, 4) is 11.5 Å². The highest BCUT2D eigenvalue weighted by Gasteiger charge is 2.23. The van der Waals surface area contributed by atoms with Gasteiger partial charge in [-0.25, -0.2) is 4.79 Å². The molecule has 0 saturated carbocycles. The Morgan fingerprint density at radius 3 is 2.48 bits per heavy atom. The normalized spacial score (nSPS) is 10.7. The Morgan fingerprint density at radius 2 is 1.86 bits per heavy atom. The fourth-order valence-electron chi connectivity index (χ4n) is 2.71. The molecule has 1 amide bonds. The quantitative estimate of drug-likeness (QED) is 0.484. The van der Waals surface area contributed by atoms with E-state index >= 15 is 0 Å². The summed E-state index contributed by atoms with van der Waals surface area (Å²) in [4.78, 5) is 27.7. The van der Waals surface area contributed by atoms with Gasteiger partial charge in [-0.15, -0.1) is 0 Å². The van der Waals surface area contributed by atoms with Crippen LogP contribution in [-0.2, 0) is 9.47 Å². The Morgan fingerprint density at radius 1 is 1.14 bits per heavy atom. The molecule has 0 radical (unpaired) electrons. The highest BCUT2D eigenvalue weighted by atomic mass is 19.3. The van der Waals surface area contributed by atoms with Crippen molar-refractivity contribution in [2.45, 2.75) is 20.5 Å². The van der Waals surface area contributed by atoms with E-state index in [4.69, 9.17) is 14.2 Å². The lowest BCUT2D eigenvalue weighted by atomic mass is 10.1. The predicted molar refractivity (Wildman–Crippen MR) is 100 cm³/mol. The Bertz CT molecular complexity index is 882. The molecule has 0 aliphatic heterocycles. The topological polar surface area (TPSA) is 98.9 Å². The summed E-state index contributed by atoms with van der Waals surface area (Å²) in [7, 11) is 2.80. The molecule has 8 nitrogen and oxygen atoms in total. The van der Waals surface area contributed by atoms with Gasteiger partial charge in [0.2, 0.25) is 0 Å². The van der Waals surface area contributed by atoms with Crippen LogP contribution in [0.25, 0.3) is 0 Å². The Balaban J connectivity index is 2.21. The van der Waals surface area contributed by atoms with Gasteiger partial charge in [0.05, 0.1) is 19.3 Å². The number of aromatic nitrogens is 1. The number of alkyl halides is 2. The molecule has 0 aliphatic rings. The molecular weight excluding hydrogens is 390 g/mol. The molecule has 0 aliphatic carbocycles. The number of carbonyl (C=O) groups is 2.